The van der Waals surface area contributed by atoms with Gasteiger partial charge in [0.05, 0.1) is 17.7 Å². The maximum Gasteiger partial charge on any atom is 0.305 e. The van der Waals surface area contributed by atoms with Gasteiger partial charge >= 0.3 is 5.97 Å². The average Bonchev–Trinajstić information content (AvgIpc) is 3.21. The van der Waals surface area contributed by atoms with E-state index in [9.17, 15) is 15.2 Å². The molecule has 10 heteroatoms. The van der Waals surface area contributed by atoms with Crippen LogP contribution in [0.25, 0.3) is 17.3 Å². The van der Waals surface area contributed by atoms with Gasteiger partial charge in [-0.2, -0.15) is 5.26 Å². The van der Waals surface area contributed by atoms with Crippen molar-refractivity contribution in [3.63, 3.8) is 0 Å². The molecule has 0 amide bonds. The van der Waals surface area contributed by atoms with E-state index in [0.29, 0.717) is 27.7 Å². The van der Waals surface area contributed by atoms with E-state index in [1.807, 2.05) is 19.9 Å². The number of carboxylic acid groups (broad SMARTS) is 1. The van der Waals surface area contributed by atoms with Gasteiger partial charge < -0.3 is 15.4 Å². The van der Waals surface area contributed by atoms with Crippen LogP contribution in [0.5, 0.6) is 0 Å². The molecule has 3 heterocycles. The van der Waals surface area contributed by atoms with Crippen molar-refractivity contribution in [3.05, 3.63) is 64.3 Å². The molecular formula is C25H24ClFN6O2. The van der Waals surface area contributed by atoms with E-state index >= 15 is 4.39 Å². The molecule has 0 saturated carbocycles. The standard InChI is InChI=1S/C25H24ClFN6O2/c1-14(26)9-16-17(13-31-23(16)29-4)22-15(12-28)10-18(27)24(33-22)32-20(11-21(34)35)25(2,3)19-7-5-6-8-30-19/h5-10,13,20,31H,4,11H2,1-3H3,(H,32,33)(H,34,35)/b14-9+/t20-/m0/s1. The second-order valence-corrected chi connectivity index (χ2v) is 9.01. The van der Waals surface area contributed by atoms with E-state index in [1.165, 1.54) is 0 Å². The first-order valence-corrected chi connectivity index (χ1v) is 11.0. The summed E-state index contributed by atoms with van der Waals surface area (Å²) < 4.78 is 15.1. The Bertz CT molecular complexity index is 1320. The zero-order valence-electron chi connectivity index (χ0n) is 19.4. The van der Waals surface area contributed by atoms with E-state index in [0.717, 1.165) is 6.07 Å². The number of anilines is 1. The Kier molecular flexibility index (Phi) is 7.67. The monoisotopic (exact) mass is 494 g/mol. The number of carboxylic acids is 1. The van der Waals surface area contributed by atoms with Crippen molar-refractivity contribution in [2.24, 2.45) is 4.99 Å². The van der Waals surface area contributed by atoms with Gasteiger partial charge in [0.1, 0.15) is 11.9 Å². The lowest BCUT2D eigenvalue weighted by Gasteiger charge is -2.34. The van der Waals surface area contributed by atoms with E-state index in [-0.39, 0.29) is 23.5 Å². The molecule has 180 valence electrons. The summed E-state index contributed by atoms with van der Waals surface area (Å²) in [5.74, 6) is -1.65. The summed E-state index contributed by atoms with van der Waals surface area (Å²) >= 11 is 6.08. The van der Waals surface area contributed by atoms with Gasteiger partial charge in [-0.25, -0.2) is 14.4 Å². The molecule has 0 aliphatic carbocycles. The molecule has 0 bridgehead atoms. The zero-order valence-corrected chi connectivity index (χ0v) is 20.2. The number of hydrogen-bond donors (Lipinski definition) is 3. The van der Waals surface area contributed by atoms with Gasteiger partial charge in [0.15, 0.2) is 11.6 Å². The molecule has 0 fully saturated rings. The first-order chi connectivity index (χ1) is 16.6. The SMILES string of the molecule is C=Nc1[nH]cc(-c2nc(N[C@@H](CC(=O)O)C(C)(C)c3ccccn3)c(F)cc2C#N)c1/C=C(\C)Cl. The Labute approximate surface area is 207 Å². The van der Waals surface area contributed by atoms with Crippen LogP contribution < -0.4 is 5.32 Å². The number of hydrogen-bond acceptors (Lipinski definition) is 6. The van der Waals surface area contributed by atoms with Crippen LogP contribution in [0.1, 0.15) is 44.0 Å². The Morgan fingerprint density at radius 3 is 2.80 bits per heavy atom. The van der Waals surface area contributed by atoms with Gasteiger partial charge in [-0.05, 0) is 37.9 Å². The van der Waals surface area contributed by atoms with E-state index < -0.39 is 23.2 Å². The first-order valence-electron chi connectivity index (χ1n) is 10.6. The van der Waals surface area contributed by atoms with Crippen LogP contribution in [0.4, 0.5) is 16.0 Å². The summed E-state index contributed by atoms with van der Waals surface area (Å²) in [5, 5.41) is 22.6. The molecule has 1 atom stereocenters. The lowest BCUT2D eigenvalue weighted by Crippen LogP contribution is -2.42. The number of H-pyrrole nitrogens is 1. The summed E-state index contributed by atoms with van der Waals surface area (Å²) in [6.45, 7) is 8.84. The van der Waals surface area contributed by atoms with Crippen LogP contribution in [-0.2, 0) is 10.2 Å². The van der Waals surface area contributed by atoms with Crippen LogP contribution in [0.15, 0.2) is 46.7 Å². The molecule has 0 aliphatic heterocycles. The van der Waals surface area contributed by atoms with Gasteiger partial charge in [0.2, 0.25) is 0 Å². The molecule has 3 aromatic heterocycles. The van der Waals surface area contributed by atoms with E-state index in [1.54, 1.807) is 43.6 Å². The smallest absolute Gasteiger partial charge is 0.305 e. The Morgan fingerprint density at radius 2 is 2.23 bits per heavy atom. The highest BCUT2D eigenvalue weighted by Gasteiger charge is 2.35. The second kappa shape index (κ2) is 10.5. The molecule has 0 unspecified atom stereocenters. The third-order valence-electron chi connectivity index (χ3n) is 5.64. The van der Waals surface area contributed by atoms with Crippen molar-refractivity contribution in [1.82, 2.24) is 15.0 Å². The Morgan fingerprint density at radius 1 is 1.49 bits per heavy atom. The van der Waals surface area contributed by atoms with Crippen molar-refractivity contribution in [2.75, 3.05) is 5.32 Å². The highest BCUT2D eigenvalue weighted by atomic mass is 35.5. The second-order valence-electron chi connectivity index (χ2n) is 8.41. The summed E-state index contributed by atoms with van der Waals surface area (Å²) in [4.78, 5) is 27.3. The molecule has 0 aliphatic rings. The number of nitrogens with zero attached hydrogens (tertiary/aromatic N) is 4. The van der Waals surface area contributed by atoms with Crippen LogP contribution in [0, 0.1) is 17.1 Å². The number of aliphatic imine (C=N–C) groups is 1. The number of nitriles is 1. The predicted molar refractivity (Wildman–Crippen MR) is 134 cm³/mol. The van der Waals surface area contributed by atoms with Crippen LogP contribution >= 0.6 is 11.6 Å². The fourth-order valence-electron chi connectivity index (χ4n) is 3.72. The number of allylic oxidation sites excluding steroid dienone is 1. The Hall–Kier alpha value is -4.03. The number of aromatic nitrogens is 3. The van der Waals surface area contributed by atoms with Crippen LogP contribution in [0.3, 0.4) is 0 Å². The number of carbonyl (C=O) groups is 1. The molecule has 0 saturated heterocycles. The molecule has 3 rings (SSSR count). The maximum absolute atomic E-state index is 15.1. The fraction of sp³-hybridized carbons (Fsp3) is 0.240. The Balaban J connectivity index is 2.14. The molecule has 8 nitrogen and oxygen atoms in total. The minimum absolute atomic E-state index is 0.0108. The molecule has 0 radical (unpaired) electrons. The number of rotatable bonds is 9. The molecule has 3 N–H and O–H groups in total. The van der Waals surface area contributed by atoms with E-state index in [2.05, 4.69) is 32.0 Å². The molecule has 0 spiro atoms. The molecule has 35 heavy (non-hydrogen) atoms. The minimum Gasteiger partial charge on any atom is -0.481 e. The lowest BCUT2D eigenvalue weighted by atomic mass is 9.79. The quantitative estimate of drug-likeness (QED) is 0.330. The molecule has 0 aromatic carbocycles. The van der Waals surface area contributed by atoms with Gasteiger partial charge in [-0.15, -0.1) is 0 Å². The van der Waals surface area contributed by atoms with Gasteiger partial charge in [-0.1, -0.05) is 31.5 Å². The van der Waals surface area contributed by atoms with Crippen LogP contribution in [0.2, 0.25) is 0 Å². The predicted octanol–water partition coefficient (Wildman–Crippen LogP) is 5.65. The van der Waals surface area contributed by atoms with Crippen molar-refractivity contribution < 1.29 is 14.3 Å². The summed E-state index contributed by atoms with van der Waals surface area (Å²) in [7, 11) is 0. The lowest BCUT2D eigenvalue weighted by molar-refractivity contribution is -0.137. The van der Waals surface area contributed by atoms with Crippen LogP contribution in [-0.4, -0.2) is 38.8 Å². The minimum atomic E-state index is -1.07. The van der Waals surface area contributed by atoms with Crippen molar-refractivity contribution in [1.29, 1.82) is 5.26 Å². The summed E-state index contributed by atoms with van der Waals surface area (Å²) in [6.07, 6.45) is 4.49. The number of aliphatic carboxylic acids is 1. The molecular weight excluding hydrogens is 471 g/mol. The largest absolute Gasteiger partial charge is 0.481 e. The van der Waals surface area contributed by atoms with Crippen molar-refractivity contribution in [3.8, 4) is 17.3 Å². The van der Waals surface area contributed by atoms with Crippen molar-refractivity contribution in [2.45, 2.75) is 38.6 Å². The van der Waals surface area contributed by atoms with Gasteiger partial charge in [0, 0.05) is 45.7 Å². The number of aromatic amines is 1. The van der Waals surface area contributed by atoms with Gasteiger partial charge in [-0.3, -0.25) is 9.78 Å². The summed E-state index contributed by atoms with van der Waals surface area (Å²) in [6, 6.07) is 7.58. The average molecular weight is 495 g/mol. The van der Waals surface area contributed by atoms with E-state index in [4.69, 9.17) is 11.6 Å². The topological polar surface area (TPSA) is 127 Å². The third kappa shape index (κ3) is 5.55. The van der Waals surface area contributed by atoms with Gasteiger partial charge in [0.25, 0.3) is 0 Å². The maximum atomic E-state index is 15.1. The number of pyridine rings is 2. The fourth-order valence-corrected chi connectivity index (χ4v) is 3.83. The zero-order chi connectivity index (χ0) is 25.8. The van der Waals surface area contributed by atoms with Crippen molar-refractivity contribution >= 4 is 42.0 Å². The summed E-state index contributed by atoms with van der Waals surface area (Å²) in [5.41, 5.74) is 0.986. The molecule has 3 aromatic rings. The normalized spacial score (nSPS) is 12.6. The first kappa shape index (κ1) is 25.6. The number of nitrogens with one attached hydrogen (secondary N) is 2. The third-order valence-corrected chi connectivity index (χ3v) is 5.75. The highest BCUT2D eigenvalue weighted by Crippen LogP contribution is 2.36. The number of halogens is 2. The highest BCUT2D eigenvalue weighted by molar-refractivity contribution is 6.31.